The molecule has 0 bridgehead atoms. The van der Waals surface area contributed by atoms with Crippen LogP contribution in [0.15, 0.2) is 36.5 Å². The van der Waals surface area contributed by atoms with Crippen molar-refractivity contribution in [2.75, 3.05) is 12.4 Å². The third kappa shape index (κ3) is 2.90. The highest BCUT2D eigenvalue weighted by molar-refractivity contribution is 6.33. The number of nitrogens with zero attached hydrogens (tertiary/aromatic N) is 1. The summed E-state index contributed by atoms with van der Waals surface area (Å²) < 4.78 is 18.2. The Bertz CT molecular complexity index is 548. The van der Waals surface area contributed by atoms with Gasteiger partial charge in [-0.1, -0.05) is 17.7 Å². The highest BCUT2D eigenvalue weighted by Gasteiger charge is 2.05. The molecule has 0 aliphatic rings. The molecule has 0 fully saturated rings. The maximum absolute atomic E-state index is 13.1. The second-order valence-corrected chi connectivity index (χ2v) is 4.06. The van der Waals surface area contributed by atoms with E-state index in [-0.39, 0.29) is 5.82 Å². The zero-order chi connectivity index (χ0) is 13.0. The fraction of sp³-hybridized carbons (Fsp3) is 0.154. The molecule has 18 heavy (non-hydrogen) atoms. The highest BCUT2D eigenvalue weighted by Crippen LogP contribution is 2.24. The number of nitrogens with one attached hydrogen (secondary N) is 1. The predicted octanol–water partition coefficient (Wildman–Crippen LogP) is 3.49. The van der Waals surface area contributed by atoms with Gasteiger partial charge in [0.05, 0.1) is 17.8 Å². The number of rotatable bonds is 4. The smallest absolute Gasteiger partial charge is 0.218 e. The van der Waals surface area contributed by atoms with E-state index in [0.717, 1.165) is 5.56 Å². The molecule has 1 heterocycles. The Morgan fingerprint density at radius 1 is 1.39 bits per heavy atom. The molecule has 0 atom stereocenters. The molecule has 94 valence electrons. The first-order valence-electron chi connectivity index (χ1n) is 5.37. The molecule has 1 aromatic heterocycles. The van der Waals surface area contributed by atoms with Crippen LogP contribution in [-0.2, 0) is 6.54 Å². The highest BCUT2D eigenvalue weighted by atomic mass is 35.5. The standard InChI is InChI=1S/C13H12ClFN2O/c1-18-13-9(3-2-6-16-13)8-17-12-7-10(15)4-5-11(12)14/h2-7,17H,8H2,1H3. The minimum Gasteiger partial charge on any atom is -0.481 e. The number of hydrogen-bond acceptors (Lipinski definition) is 3. The Morgan fingerprint density at radius 3 is 3.00 bits per heavy atom. The predicted molar refractivity (Wildman–Crippen MR) is 69.5 cm³/mol. The monoisotopic (exact) mass is 266 g/mol. The quantitative estimate of drug-likeness (QED) is 0.920. The average Bonchev–Trinajstić information content (AvgIpc) is 2.40. The number of hydrogen-bond donors (Lipinski definition) is 1. The lowest BCUT2D eigenvalue weighted by Crippen LogP contribution is -2.03. The van der Waals surface area contributed by atoms with Crippen molar-refractivity contribution in [1.82, 2.24) is 4.98 Å². The first kappa shape index (κ1) is 12.6. The van der Waals surface area contributed by atoms with Crippen LogP contribution in [0.3, 0.4) is 0 Å². The Balaban J connectivity index is 2.14. The third-order valence-electron chi connectivity index (χ3n) is 2.44. The lowest BCUT2D eigenvalue weighted by molar-refractivity contribution is 0.393. The van der Waals surface area contributed by atoms with Crippen LogP contribution in [0.4, 0.5) is 10.1 Å². The first-order chi connectivity index (χ1) is 8.70. The van der Waals surface area contributed by atoms with E-state index in [0.29, 0.717) is 23.1 Å². The molecule has 0 spiro atoms. The summed E-state index contributed by atoms with van der Waals surface area (Å²) in [5, 5.41) is 3.52. The van der Waals surface area contributed by atoms with Crippen LogP contribution in [0.2, 0.25) is 5.02 Å². The molecule has 2 aromatic rings. The van der Waals surface area contributed by atoms with Gasteiger partial charge in [0, 0.05) is 18.3 Å². The van der Waals surface area contributed by atoms with Crippen molar-refractivity contribution in [3.8, 4) is 5.88 Å². The van der Waals surface area contributed by atoms with Crippen LogP contribution in [0, 0.1) is 5.82 Å². The summed E-state index contributed by atoms with van der Waals surface area (Å²) >= 11 is 5.96. The molecule has 0 unspecified atom stereocenters. The molecule has 0 amide bonds. The van der Waals surface area contributed by atoms with Crippen molar-refractivity contribution in [2.24, 2.45) is 0 Å². The molecular formula is C13H12ClFN2O. The van der Waals surface area contributed by atoms with Crippen molar-refractivity contribution in [2.45, 2.75) is 6.54 Å². The molecule has 0 saturated heterocycles. The summed E-state index contributed by atoms with van der Waals surface area (Å²) in [4.78, 5) is 4.08. The number of halogens is 2. The van der Waals surface area contributed by atoms with E-state index in [9.17, 15) is 4.39 Å². The van der Waals surface area contributed by atoms with Gasteiger partial charge in [0.25, 0.3) is 0 Å². The van der Waals surface area contributed by atoms with E-state index in [4.69, 9.17) is 16.3 Å². The molecule has 0 aliphatic heterocycles. The molecule has 1 aromatic carbocycles. The van der Waals surface area contributed by atoms with Crippen molar-refractivity contribution < 1.29 is 9.13 Å². The van der Waals surface area contributed by atoms with Gasteiger partial charge in [-0.05, 0) is 24.3 Å². The van der Waals surface area contributed by atoms with E-state index in [1.807, 2.05) is 12.1 Å². The number of pyridine rings is 1. The van der Waals surface area contributed by atoms with Gasteiger partial charge in [-0.3, -0.25) is 0 Å². The van der Waals surface area contributed by atoms with Crippen LogP contribution >= 0.6 is 11.6 Å². The van der Waals surface area contributed by atoms with Gasteiger partial charge in [-0.15, -0.1) is 0 Å². The molecule has 3 nitrogen and oxygen atoms in total. The van der Waals surface area contributed by atoms with Crippen molar-refractivity contribution in [3.05, 3.63) is 52.9 Å². The van der Waals surface area contributed by atoms with Gasteiger partial charge in [-0.25, -0.2) is 9.37 Å². The average molecular weight is 267 g/mol. The SMILES string of the molecule is COc1ncccc1CNc1cc(F)ccc1Cl. The maximum Gasteiger partial charge on any atom is 0.218 e. The number of methoxy groups -OCH3 is 1. The van der Waals surface area contributed by atoms with Crippen molar-refractivity contribution in [1.29, 1.82) is 0 Å². The first-order valence-corrected chi connectivity index (χ1v) is 5.75. The maximum atomic E-state index is 13.1. The van der Waals surface area contributed by atoms with Crippen LogP contribution in [0.5, 0.6) is 5.88 Å². The number of aromatic nitrogens is 1. The van der Waals surface area contributed by atoms with Crippen LogP contribution in [0.25, 0.3) is 0 Å². The van der Waals surface area contributed by atoms with E-state index in [1.165, 1.54) is 18.2 Å². The Kier molecular flexibility index (Phi) is 3.99. The normalized spacial score (nSPS) is 10.2. The fourth-order valence-corrected chi connectivity index (χ4v) is 1.75. The summed E-state index contributed by atoms with van der Waals surface area (Å²) in [6.45, 7) is 0.459. The zero-order valence-corrected chi connectivity index (χ0v) is 10.5. The summed E-state index contributed by atoms with van der Waals surface area (Å²) in [5.74, 6) is 0.206. The largest absolute Gasteiger partial charge is 0.481 e. The summed E-state index contributed by atoms with van der Waals surface area (Å²) in [6, 6.07) is 7.88. The Labute approximate surface area is 110 Å². The van der Waals surface area contributed by atoms with Crippen LogP contribution in [-0.4, -0.2) is 12.1 Å². The van der Waals surface area contributed by atoms with Gasteiger partial charge in [-0.2, -0.15) is 0 Å². The lowest BCUT2D eigenvalue weighted by Gasteiger charge is -2.10. The third-order valence-corrected chi connectivity index (χ3v) is 2.77. The van der Waals surface area contributed by atoms with Gasteiger partial charge in [0.1, 0.15) is 5.82 Å². The summed E-state index contributed by atoms with van der Waals surface area (Å²) in [6.07, 6.45) is 1.65. The van der Waals surface area contributed by atoms with Crippen molar-refractivity contribution in [3.63, 3.8) is 0 Å². The van der Waals surface area contributed by atoms with Gasteiger partial charge < -0.3 is 10.1 Å². The number of ether oxygens (including phenoxy) is 1. The second kappa shape index (κ2) is 5.69. The van der Waals surface area contributed by atoms with Crippen LogP contribution in [0.1, 0.15) is 5.56 Å². The molecular weight excluding hydrogens is 255 g/mol. The molecule has 2 rings (SSSR count). The minimum absolute atomic E-state index is 0.333. The van der Waals surface area contributed by atoms with E-state index in [2.05, 4.69) is 10.3 Å². The van der Waals surface area contributed by atoms with E-state index >= 15 is 0 Å². The number of anilines is 1. The zero-order valence-electron chi connectivity index (χ0n) is 9.78. The molecule has 0 saturated carbocycles. The Hall–Kier alpha value is -1.81. The second-order valence-electron chi connectivity index (χ2n) is 3.65. The van der Waals surface area contributed by atoms with Gasteiger partial charge >= 0.3 is 0 Å². The van der Waals surface area contributed by atoms with Gasteiger partial charge in [0.2, 0.25) is 5.88 Å². The molecule has 0 radical (unpaired) electrons. The summed E-state index contributed by atoms with van der Waals surface area (Å²) in [5.41, 5.74) is 1.42. The fourth-order valence-electron chi connectivity index (χ4n) is 1.57. The topological polar surface area (TPSA) is 34.1 Å². The van der Waals surface area contributed by atoms with E-state index in [1.54, 1.807) is 13.3 Å². The van der Waals surface area contributed by atoms with Crippen molar-refractivity contribution >= 4 is 17.3 Å². The number of benzene rings is 1. The molecule has 1 N–H and O–H groups in total. The molecule has 5 heteroatoms. The Morgan fingerprint density at radius 2 is 2.22 bits per heavy atom. The van der Waals surface area contributed by atoms with Crippen LogP contribution < -0.4 is 10.1 Å². The summed E-state index contributed by atoms with van der Waals surface area (Å²) in [7, 11) is 1.56. The molecule has 0 aliphatic carbocycles. The minimum atomic E-state index is -0.333. The lowest BCUT2D eigenvalue weighted by atomic mass is 10.2. The van der Waals surface area contributed by atoms with E-state index < -0.39 is 0 Å². The van der Waals surface area contributed by atoms with Gasteiger partial charge in [0.15, 0.2) is 0 Å².